The molecule has 5 nitrogen and oxygen atoms in total. The van der Waals surface area contributed by atoms with E-state index < -0.39 is 0 Å². The normalized spacial score (nSPS) is 24.4. The molecule has 1 aliphatic rings. The van der Waals surface area contributed by atoms with Crippen LogP contribution >= 0.6 is 0 Å². The van der Waals surface area contributed by atoms with Crippen LogP contribution in [0.15, 0.2) is 12.4 Å². The van der Waals surface area contributed by atoms with Gasteiger partial charge >= 0.3 is 0 Å². The van der Waals surface area contributed by atoms with Crippen molar-refractivity contribution in [3.05, 3.63) is 12.4 Å². The highest BCUT2D eigenvalue weighted by Crippen LogP contribution is 2.22. The number of ether oxygens (including phenoxy) is 1. The molecule has 1 N–H and O–H groups in total. The average molecular weight is 222 g/mol. The lowest BCUT2D eigenvalue weighted by molar-refractivity contribution is 0.118. The van der Waals surface area contributed by atoms with E-state index in [2.05, 4.69) is 27.1 Å². The molecule has 1 aromatic heterocycles. The van der Waals surface area contributed by atoms with Crippen molar-refractivity contribution in [2.75, 3.05) is 30.9 Å². The first kappa shape index (κ1) is 11.1. The molecule has 0 amide bonds. The van der Waals surface area contributed by atoms with Crippen molar-refractivity contribution < 1.29 is 4.74 Å². The molecule has 5 heteroatoms. The zero-order valence-corrected chi connectivity index (χ0v) is 9.97. The Morgan fingerprint density at radius 1 is 1.50 bits per heavy atom. The van der Waals surface area contributed by atoms with Crippen LogP contribution in [0.1, 0.15) is 13.3 Å². The van der Waals surface area contributed by atoms with Gasteiger partial charge in [0.15, 0.2) is 0 Å². The van der Waals surface area contributed by atoms with Gasteiger partial charge in [-0.25, -0.2) is 4.98 Å². The molecule has 2 atom stereocenters. The summed E-state index contributed by atoms with van der Waals surface area (Å²) in [6.45, 7) is 2.93. The number of nitrogens with zero attached hydrogens (tertiary/aromatic N) is 3. The molecule has 1 fully saturated rings. The Labute approximate surface area is 95.8 Å². The Morgan fingerprint density at radius 3 is 2.94 bits per heavy atom. The molecular formula is C11H18N4O. The highest BCUT2D eigenvalue weighted by atomic mass is 16.5. The van der Waals surface area contributed by atoms with Gasteiger partial charge in [0, 0.05) is 20.7 Å². The quantitative estimate of drug-likeness (QED) is 0.831. The van der Waals surface area contributed by atoms with Gasteiger partial charge < -0.3 is 15.0 Å². The number of anilines is 2. The molecule has 0 aliphatic carbocycles. The van der Waals surface area contributed by atoms with Crippen LogP contribution < -0.4 is 10.2 Å². The van der Waals surface area contributed by atoms with Crippen LogP contribution in [0.3, 0.4) is 0 Å². The molecule has 0 spiro atoms. The molecule has 88 valence electrons. The lowest BCUT2D eigenvalue weighted by Crippen LogP contribution is -2.37. The Bertz CT molecular complexity index is 358. The lowest BCUT2D eigenvalue weighted by Gasteiger charge is -2.27. The third-order valence-corrected chi connectivity index (χ3v) is 3.07. The van der Waals surface area contributed by atoms with Crippen LogP contribution in [-0.4, -0.2) is 42.8 Å². The van der Waals surface area contributed by atoms with E-state index >= 15 is 0 Å². The second kappa shape index (κ2) is 4.65. The predicted octanol–water partition coefficient (Wildman–Crippen LogP) is 1.13. The molecule has 0 saturated carbocycles. The predicted molar refractivity (Wildman–Crippen MR) is 63.8 cm³/mol. The Kier molecular flexibility index (Phi) is 3.24. The number of nitrogens with one attached hydrogen (secondary N) is 1. The van der Waals surface area contributed by atoms with E-state index in [1.807, 2.05) is 14.1 Å². The Balaban J connectivity index is 2.16. The molecule has 2 rings (SSSR count). The molecule has 0 bridgehead atoms. The summed E-state index contributed by atoms with van der Waals surface area (Å²) in [4.78, 5) is 10.8. The molecule has 0 radical (unpaired) electrons. The number of hydrogen-bond donors (Lipinski definition) is 1. The maximum absolute atomic E-state index is 5.56. The van der Waals surface area contributed by atoms with Crippen molar-refractivity contribution in [3.63, 3.8) is 0 Å². The third-order valence-electron chi connectivity index (χ3n) is 3.07. The molecule has 1 saturated heterocycles. The van der Waals surface area contributed by atoms with Gasteiger partial charge in [0.2, 0.25) is 0 Å². The Hall–Kier alpha value is -1.36. The van der Waals surface area contributed by atoms with E-state index in [-0.39, 0.29) is 6.10 Å². The second-order valence-corrected chi connectivity index (χ2v) is 4.06. The van der Waals surface area contributed by atoms with Crippen LogP contribution in [0.4, 0.5) is 11.6 Å². The van der Waals surface area contributed by atoms with Crippen LogP contribution in [0, 0.1) is 0 Å². The van der Waals surface area contributed by atoms with Gasteiger partial charge in [-0.2, -0.15) is 0 Å². The van der Waals surface area contributed by atoms with Crippen molar-refractivity contribution >= 4 is 11.6 Å². The minimum atomic E-state index is 0.255. The summed E-state index contributed by atoms with van der Waals surface area (Å²) in [7, 11) is 3.88. The minimum absolute atomic E-state index is 0.255. The molecule has 0 aromatic carbocycles. The van der Waals surface area contributed by atoms with Crippen molar-refractivity contribution in [2.24, 2.45) is 0 Å². The summed E-state index contributed by atoms with van der Waals surface area (Å²) >= 11 is 0. The second-order valence-electron chi connectivity index (χ2n) is 4.06. The largest absolute Gasteiger partial charge is 0.376 e. The molecule has 2 heterocycles. The van der Waals surface area contributed by atoms with Crippen LogP contribution in [0.5, 0.6) is 0 Å². The van der Waals surface area contributed by atoms with Crippen molar-refractivity contribution in [1.29, 1.82) is 0 Å². The van der Waals surface area contributed by atoms with Crippen molar-refractivity contribution in [1.82, 2.24) is 9.97 Å². The van der Waals surface area contributed by atoms with E-state index in [4.69, 9.17) is 4.74 Å². The number of aromatic nitrogens is 2. The minimum Gasteiger partial charge on any atom is -0.376 e. The molecule has 1 aliphatic heterocycles. The van der Waals surface area contributed by atoms with Gasteiger partial charge in [-0.1, -0.05) is 0 Å². The summed E-state index contributed by atoms with van der Waals surface area (Å²) in [5.41, 5.74) is 0. The molecule has 16 heavy (non-hydrogen) atoms. The van der Waals surface area contributed by atoms with Crippen molar-refractivity contribution in [3.8, 4) is 0 Å². The smallest absolute Gasteiger partial charge is 0.149 e. The van der Waals surface area contributed by atoms with E-state index in [1.165, 1.54) is 0 Å². The zero-order valence-electron chi connectivity index (χ0n) is 9.97. The highest BCUT2D eigenvalue weighted by molar-refractivity contribution is 5.44. The lowest BCUT2D eigenvalue weighted by atomic mass is 10.1. The first-order valence-electron chi connectivity index (χ1n) is 5.56. The number of hydrogen-bond acceptors (Lipinski definition) is 5. The molecule has 1 aromatic rings. The summed E-state index contributed by atoms with van der Waals surface area (Å²) in [5.74, 6) is 1.67. The van der Waals surface area contributed by atoms with Gasteiger partial charge in [-0.15, -0.1) is 0 Å². The summed E-state index contributed by atoms with van der Waals surface area (Å²) in [6, 6.07) is 0.390. The monoisotopic (exact) mass is 222 g/mol. The van der Waals surface area contributed by atoms with E-state index in [0.29, 0.717) is 6.04 Å². The summed E-state index contributed by atoms with van der Waals surface area (Å²) in [5, 5.41) is 2.99. The average Bonchev–Trinajstić information content (AvgIpc) is 2.74. The third kappa shape index (κ3) is 2.09. The molecule has 2 unspecified atom stereocenters. The highest BCUT2D eigenvalue weighted by Gasteiger charge is 2.28. The fourth-order valence-corrected chi connectivity index (χ4v) is 2.04. The van der Waals surface area contributed by atoms with Gasteiger partial charge in [-0.05, 0) is 13.3 Å². The zero-order chi connectivity index (χ0) is 11.5. The first-order valence-corrected chi connectivity index (χ1v) is 5.56. The van der Waals surface area contributed by atoms with Crippen molar-refractivity contribution in [2.45, 2.75) is 25.5 Å². The molecular weight excluding hydrogens is 204 g/mol. The van der Waals surface area contributed by atoms with Gasteiger partial charge in [0.05, 0.1) is 24.5 Å². The summed E-state index contributed by atoms with van der Waals surface area (Å²) in [6.07, 6.45) is 4.80. The van der Waals surface area contributed by atoms with Gasteiger partial charge in [0.25, 0.3) is 0 Å². The van der Waals surface area contributed by atoms with Crippen LogP contribution in [0.2, 0.25) is 0 Å². The fourth-order valence-electron chi connectivity index (χ4n) is 2.04. The SMILES string of the molecule is CNc1cncc(N(C)C2CCOC2C)n1. The van der Waals surface area contributed by atoms with E-state index in [1.54, 1.807) is 12.4 Å². The van der Waals surface area contributed by atoms with Gasteiger partial charge in [0.1, 0.15) is 11.6 Å². The van der Waals surface area contributed by atoms with Crippen LogP contribution in [0.25, 0.3) is 0 Å². The Morgan fingerprint density at radius 2 is 2.31 bits per heavy atom. The summed E-state index contributed by atoms with van der Waals surface area (Å²) < 4.78 is 5.56. The number of likely N-dealkylation sites (N-methyl/N-ethyl adjacent to an activating group) is 1. The number of rotatable bonds is 3. The van der Waals surface area contributed by atoms with Crippen LogP contribution in [-0.2, 0) is 4.74 Å². The standard InChI is InChI=1S/C11H18N4O/c1-8-9(4-5-16-8)15(3)11-7-13-6-10(12-2)14-11/h6-9H,4-5H2,1-3H3,(H,12,14). The maximum atomic E-state index is 5.56. The maximum Gasteiger partial charge on any atom is 0.149 e. The topological polar surface area (TPSA) is 50.3 Å². The van der Waals surface area contributed by atoms with E-state index in [0.717, 1.165) is 24.7 Å². The van der Waals surface area contributed by atoms with E-state index in [9.17, 15) is 0 Å². The van der Waals surface area contributed by atoms with Gasteiger partial charge in [-0.3, -0.25) is 4.98 Å². The fraction of sp³-hybridized carbons (Fsp3) is 0.636. The first-order chi connectivity index (χ1) is 7.72.